The molecule has 2 aliphatic heterocycles. The normalized spacial score (nSPS) is 22.4. The van der Waals surface area contributed by atoms with Gasteiger partial charge in [-0.1, -0.05) is 24.3 Å². The molecular formula is C18H17FN2O4. The highest BCUT2D eigenvalue weighted by molar-refractivity contribution is 5.65. The van der Waals surface area contributed by atoms with Crippen LogP contribution in [0.4, 0.5) is 9.18 Å². The van der Waals surface area contributed by atoms with Crippen molar-refractivity contribution in [3.8, 4) is 11.5 Å². The van der Waals surface area contributed by atoms with Crippen LogP contribution in [0.25, 0.3) is 0 Å². The Balaban J connectivity index is 1.52. The fourth-order valence-corrected chi connectivity index (χ4v) is 3.41. The molecule has 2 aromatic rings. The summed E-state index contributed by atoms with van der Waals surface area (Å²) in [6.07, 6.45) is -0.957. The van der Waals surface area contributed by atoms with E-state index in [1.807, 2.05) is 24.3 Å². The third kappa shape index (κ3) is 3.10. The van der Waals surface area contributed by atoms with Gasteiger partial charge in [-0.25, -0.2) is 9.18 Å². The molecule has 25 heavy (non-hydrogen) atoms. The van der Waals surface area contributed by atoms with Crippen molar-refractivity contribution in [1.82, 2.24) is 10.1 Å². The summed E-state index contributed by atoms with van der Waals surface area (Å²) in [4.78, 5) is 24.1. The first-order chi connectivity index (χ1) is 12.1. The van der Waals surface area contributed by atoms with E-state index in [1.54, 1.807) is 12.1 Å². The summed E-state index contributed by atoms with van der Waals surface area (Å²) < 4.78 is 13.2. The van der Waals surface area contributed by atoms with Crippen molar-refractivity contribution in [3.05, 3.63) is 59.9 Å². The Morgan fingerprint density at radius 3 is 2.32 bits per heavy atom. The third-order valence-electron chi connectivity index (χ3n) is 4.64. The molecule has 6 nitrogen and oxygen atoms in total. The first kappa shape index (κ1) is 15.7. The van der Waals surface area contributed by atoms with Crippen LogP contribution in [0.5, 0.6) is 11.5 Å². The van der Waals surface area contributed by atoms with E-state index in [0.717, 1.165) is 5.56 Å². The second-order valence-corrected chi connectivity index (χ2v) is 6.25. The van der Waals surface area contributed by atoms with Crippen LogP contribution in [-0.4, -0.2) is 41.0 Å². The molecule has 0 bridgehead atoms. The first-order valence-electron chi connectivity index (χ1n) is 8.06. The van der Waals surface area contributed by atoms with Gasteiger partial charge < -0.3 is 19.7 Å². The lowest BCUT2D eigenvalue weighted by molar-refractivity contribution is -0.232. The van der Waals surface area contributed by atoms with E-state index in [-0.39, 0.29) is 17.7 Å². The first-order valence-corrected chi connectivity index (χ1v) is 8.06. The number of rotatable bonds is 3. The van der Waals surface area contributed by atoms with E-state index >= 15 is 0 Å². The molecule has 2 aromatic carbocycles. The summed E-state index contributed by atoms with van der Waals surface area (Å²) in [5, 5.41) is 10.7. The van der Waals surface area contributed by atoms with Crippen LogP contribution >= 0.6 is 0 Å². The van der Waals surface area contributed by atoms with E-state index in [1.165, 1.54) is 22.3 Å². The highest BCUT2D eigenvalue weighted by atomic mass is 19.1. The fraction of sp³-hybridized carbons (Fsp3) is 0.278. The molecule has 7 heteroatoms. The summed E-state index contributed by atoms with van der Waals surface area (Å²) in [5.74, 6) is 0.876. The van der Waals surface area contributed by atoms with Crippen LogP contribution in [0.1, 0.15) is 11.5 Å². The zero-order valence-electron chi connectivity index (χ0n) is 13.3. The lowest BCUT2D eigenvalue weighted by atomic mass is 9.89. The largest absolute Gasteiger partial charge is 0.465 e. The van der Waals surface area contributed by atoms with Gasteiger partial charge in [-0.15, -0.1) is 0 Å². The topological polar surface area (TPSA) is 62.2 Å². The van der Waals surface area contributed by atoms with Crippen LogP contribution in [0.2, 0.25) is 0 Å². The second-order valence-electron chi connectivity index (χ2n) is 6.25. The molecule has 2 heterocycles. The summed E-state index contributed by atoms with van der Waals surface area (Å²) in [6, 6.07) is 13.5. The van der Waals surface area contributed by atoms with Crippen molar-refractivity contribution < 1.29 is 24.0 Å². The van der Waals surface area contributed by atoms with Gasteiger partial charge in [0.1, 0.15) is 5.82 Å². The molecule has 0 unspecified atom stereocenters. The molecular weight excluding hydrogens is 327 g/mol. The maximum atomic E-state index is 13.2. The van der Waals surface area contributed by atoms with Gasteiger partial charge in [0, 0.05) is 30.2 Å². The van der Waals surface area contributed by atoms with Gasteiger partial charge in [-0.05, 0) is 29.8 Å². The smallest absolute Gasteiger partial charge is 0.407 e. The molecule has 1 fully saturated rings. The van der Waals surface area contributed by atoms with Crippen molar-refractivity contribution in [1.29, 1.82) is 0 Å². The molecule has 1 saturated heterocycles. The molecule has 4 rings (SSSR count). The SMILES string of the molecule is O=C(O)N1C[C@@H](CN2Oc3ccccc3O2)[C@H](c2ccc(F)cc2)C1. The van der Waals surface area contributed by atoms with Crippen molar-refractivity contribution in [2.45, 2.75) is 5.92 Å². The van der Waals surface area contributed by atoms with Gasteiger partial charge in [-0.3, -0.25) is 0 Å². The van der Waals surface area contributed by atoms with E-state index in [0.29, 0.717) is 31.1 Å². The van der Waals surface area contributed by atoms with Crippen LogP contribution in [0.15, 0.2) is 48.5 Å². The highest BCUT2D eigenvalue weighted by Gasteiger charge is 2.39. The number of fused-ring (bicyclic) bond motifs is 1. The number of carbonyl (C=O) groups is 1. The molecule has 1 N–H and O–H groups in total. The predicted molar refractivity (Wildman–Crippen MR) is 86.6 cm³/mol. The van der Waals surface area contributed by atoms with E-state index in [9.17, 15) is 14.3 Å². The standard InChI is InChI=1S/C18H17FN2O4/c19-14-7-5-12(6-8-14)15-11-20(18(22)23)9-13(15)10-21-24-16-3-1-2-4-17(16)25-21/h1-8,13,15H,9-11H2,(H,22,23)/t13-,15-/m0/s1. The van der Waals surface area contributed by atoms with Gasteiger partial charge in [0.05, 0.1) is 6.54 Å². The van der Waals surface area contributed by atoms with Crippen molar-refractivity contribution in [3.63, 3.8) is 0 Å². The number of carboxylic acid groups (broad SMARTS) is 1. The number of likely N-dealkylation sites (tertiary alicyclic amines) is 1. The maximum Gasteiger partial charge on any atom is 0.407 e. The highest BCUT2D eigenvalue weighted by Crippen LogP contribution is 2.37. The number of hydrogen-bond donors (Lipinski definition) is 1. The molecule has 2 atom stereocenters. The van der Waals surface area contributed by atoms with Crippen LogP contribution in [-0.2, 0) is 0 Å². The lowest BCUT2D eigenvalue weighted by Crippen LogP contribution is -2.35. The Labute approximate surface area is 143 Å². The van der Waals surface area contributed by atoms with Crippen LogP contribution < -0.4 is 9.68 Å². The van der Waals surface area contributed by atoms with E-state index in [2.05, 4.69) is 0 Å². The average molecular weight is 344 g/mol. The molecule has 0 radical (unpaired) electrons. The predicted octanol–water partition coefficient (Wildman–Crippen LogP) is 3.12. The molecule has 0 aliphatic carbocycles. The van der Waals surface area contributed by atoms with Gasteiger partial charge in [0.25, 0.3) is 0 Å². The van der Waals surface area contributed by atoms with Gasteiger partial charge in [0.15, 0.2) is 11.5 Å². The molecule has 0 spiro atoms. The fourth-order valence-electron chi connectivity index (χ4n) is 3.41. The third-order valence-corrected chi connectivity index (χ3v) is 4.64. The maximum absolute atomic E-state index is 13.2. The summed E-state index contributed by atoms with van der Waals surface area (Å²) in [6.45, 7) is 1.14. The zero-order chi connectivity index (χ0) is 17.4. The number of benzene rings is 2. The minimum absolute atomic E-state index is 0.0316. The minimum Gasteiger partial charge on any atom is -0.465 e. The molecule has 0 saturated carbocycles. The molecule has 0 aromatic heterocycles. The Morgan fingerprint density at radius 2 is 1.72 bits per heavy atom. The number of nitrogens with zero attached hydrogens (tertiary/aromatic N) is 2. The summed E-state index contributed by atoms with van der Waals surface area (Å²) in [7, 11) is 0. The number of hydrogen-bond acceptors (Lipinski definition) is 4. The minimum atomic E-state index is -0.957. The lowest BCUT2D eigenvalue weighted by Gasteiger charge is -2.22. The zero-order valence-corrected chi connectivity index (χ0v) is 13.3. The summed E-state index contributed by atoms with van der Waals surface area (Å²) >= 11 is 0. The number of hydroxylamine groups is 2. The Kier molecular flexibility index (Phi) is 3.93. The number of para-hydroxylation sites is 2. The number of amides is 1. The van der Waals surface area contributed by atoms with Crippen LogP contribution in [0.3, 0.4) is 0 Å². The average Bonchev–Trinajstić information content (AvgIpc) is 3.19. The van der Waals surface area contributed by atoms with Crippen molar-refractivity contribution >= 4 is 6.09 Å². The van der Waals surface area contributed by atoms with Gasteiger partial charge in [-0.2, -0.15) is 0 Å². The molecule has 130 valence electrons. The monoisotopic (exact) mass is 344 g/mol. The van der Waals surface area contributed by atoms with Crippen LogP contribution in [0, 0.1) is 11.7 Å². The van der Waals surface area contributed by atoms with E-state index < -0.39 is 6.09 Å². The summed E-state index contributed by atoms with van der Waals surface area (Å²) in [5.41, 5.74) is 0.909. The quantitative estimate of drug-likeness (QED) is 0.927. The van der Waals surface area contributed by atoms with E-state index in [4.69, 9.17) is 9.68 Å². The van der Waals surface area contributed by atoms with Crippen molar-refractivity contribution in [2.24, 2.45) is 5.92 Å². The Hall–Kier alpha value is -2.80. The van der Waals surface area contributed by atoms with Crippen molar-refractivity contribution in [2.75, 3.05) is 19.6 Å². The van der Waals surface area contributed by atoms with Gasteiger partial charge in [0.2, 0.25) is 0 Å². The second kappa shape index (κ2) is 6.25. The molecule has 1 amide bonds. The van der Waals surface area contributed by atoms with Gasteiger partial charge >= 0.3 is 6.09 Å². The molecule has 2 aliphatic rings. The Bertz CT molecular complexity index is 758. The Morgan fingerprint density at radius 1 is 1.08 bits per heavy atom. The number of halogens is 1.